The summed E-state index contributed by atoms with van der Waals surface area (Å²) in [6.45, 7) is 5.29. The predicted octanol–water partition coefficient (Wildman–Crippen LogP) is 10.1. The van der Waals surface area contributed by atoms with Crippen LogP contribution in [0.15, 0.2) is 93.9 Å². The van der Waals surface area contributed by atoms with Gasteiger partial charge < -0.3 is 13.9 Å². The summed E-state index contributed by atoms with van der Waals surface area (Å²) in [4.78, 5) is 2.44. The molecule has 0 aromatic heterocycles. The van der Waals surface area contributed by atoms with Gasteiger partial charge in [0.2, 0.25) is 0 Å². The predicted molar refractivity (Wildman–Crippen MR) is 171 cm³/mol. The van der Waals surface area contributed by atoms with Gasteiger partial charge in [-0.1, -0.05) is 80.4 Å². The van der Waals surface area contributed by atoms with Crippen molar-refractivity contribution in [2.75, 3.05) is 30.8 Å². The number of rotatable bonds is 9. The zero-order valence-corrected chi connectivity index (χ0v) is 26.8. The van der Waals surface area contributed by atoms with Crippen molar-refractivity contribution in [1.29, 1.82) is 0 Å². The summed E-state index contributed by atoms with van der Waals surface area (Å²) >= 11 is 7.61. The molecule has 6 rings (SSSR count). The number of hydrogen-bond acceptors (Lipinski definition) is 4. The number of fused-ring (bicyclic) bond motifs is 9. The van der Waals surface area contributed by atoms with Gasteiger partial charge in [0.1, 0.15) is 0 Å². The number of hydrogen-bond donors (Lipinski definition) is 0. The fraction of sp³-hybridized carbons (Fsp3) is 0.273. The van der Waals surface area contributed by atoms with Crippen LogP contribution in [0.3, 0.4) is 0 Å². The maximum atomic E-state index is 13.1. The molecule has 0 saturated carbocycles. The Morgan fingerprint density at radius 1 is 0.700 bits per heavy atom. The Bertz CT molecular complexity index is 1510. The normalized spacial score (nSPS) is 14.6. The van der Waals surface area contributed by atoms with Crippen LogP contribution in [0, 0.1) is 0 Å². The van der Waals surface area contributed by atoms with E-state index in [2.05, 4.69) is 122 Å². The van der Waals surface area contributed by atoms with E-state index < -0.39 is 13.0 Å². The average Bonchev–Trinajstić information content (AvgIpc) is 3.24. The van der Waals surface area contributed by atoms with Crippen LogP contribution in [0.5, 0.6) is 0 Å². The van der Waals surface area contributed by atoms with Crippen LogP contribution in [0.25, 0.3) is 11.1 Å². The van der Waals surface area contributed by atoms with Gasteiger partial charge in [-0.25, -0.2) is 0 Å². The van der Waals surface area contributed by atoms with E-state index in [1.54, 1.807) is 0 Å². The molecule has 0 atom stereocenters. The molecule has 1 heterocycles. The minimum Gasteiger partial charge on any atom is -0.341 e. The second kappa shape index (κ2) is 11.2. The van der Waals surface area contributed by atoms with Crippen LogP contribution in [-0.2, 0) is 19.0 Å². The van der Waals surface area contributed by atoms with Crippen LogP contribution in [0.2, 0.25) is 0 Å². The highest BCUT2D eigenvalue weighted by Crippen LogP contribution is 2.62. The maximum absolute atomic E-state index is 13.1. The van der Waals surface area contributed by atoms with Gasteiger partial charge in [-0.05, 0) is 96.5 Å². The second-order valence-corrected chi connectivity index (χ2v) is 14.2. The fourth-order valence-corrected chi connectivity index (χ4v) is 9.01. The molecule has 0 bridgehead atoms. The van der Waals surface area contributed by atoms with E-state index in [9.17, 15) is 4.57 Å². The monoisotopic (exact) mass is 679 g/mol. The van der Waals surface area contributed by atoms with E-state index >= 15 is 0 Å². The van der Waals surface area contributed by atoms with E-state index in [-0.39, 0.29) is 0 Å². The first kappa shape index (κ1) is 27.9. The van der Waals surface area contributed by atoms with Crippen molar-refractivity contribution in [3.8, 4) is 11.1 Å². The summed E-state index contributed by atoms with van der Waals surface area (Å²) in [5.74, 6) is 0. The summed E-state index contributed by atoms with van der Waals surface area (Å²) in [5, 5.41) is 0. The SMILES string of the molecule is CCOP(=O)(CCCCN1c2ccc(Br)cc2C2(c3ccccc3-c3ccccc32)c2cc(Br)ccc21)OCC. The molecule has 1 aliphatic heterocycles. The van der Waals surface area contributed by atoms with Crippen LogP contribution < -0.4 is 4.90 Å². The van der Waals surface area contributed by atoms with Crippen molar-refractivity contribution >= 4 is 50.8 Å². The largest absolute Gasteiger partial charge is 0.341 e. The summed E-state index contributed by atoms with van der Waals surface area (Å²) in [6, 6.07) is 31.0. The highest BCUT2D eigenvalue weighted by Gasteiger charge is 2.51. The van der Waals surface area contributed by atoms with Crippen molar-refractivity contribution in [3.05, 3.63) is 116 Å². The molecule has 1 spiro atoms. The summed E-state index contributed by atoms with van der Waals surface area (Å²) in [7, 11) is -3.06. The van der Waals surface area contributed by atoms with Gasteiger partial charge in [0.15, 0.2) is 0 Å². The van der Waals surface area contributed by atoms with E-state index in [0.717, 1.165) is 28.3 Å². The highest BCUT2D eigenvalue weighted by atomic mass is 79.9. The Kier molecular flexibility index (Phi) is 7.84. The Morgan fingerprint density at radius 3 is 1.70 bits per heavy atom. The molecular formula is C33H32Br2NO3P. The summed E-state index contributed by atoms with van der Waals surface area (Å²) in [5.41, 5.74) is 9.66. The van der Waals surface area contributed by atoms with E-state index in [0.29, 0.717) is 19.4 Å². The molecule has 0 saturated heterocycles. The third-order valence-electron chi connectivity index (χ3n) is 7.97. The Balaban J connectivity index is 1.48. The van der Waals surface area contributed by atoms with Crippen molar-refractivity contribution in [2.24, 2.45) is 0 Å². The molecule has 0 unspecified atom stereocenters. The van der Waals surface area contributed by atoms with Crippen LogP contribution in [0.4, 0.5) is 11.4 Å². The lowest BCUT2D eigenvalue weighted by atomic mass is 9.64. The van der Waals surface area contributed by atoms with Gasteiger partial charge in [-0.3, -0.25) is 4.57 Å². The van der Waals surface area contributed by atoms with E-state index in [4.69, 9.17) is 9.05 Å². The molecule has 0 N–H and O–H groups in total. The quantitative estimate of drug-likeness (QED) is 0.115. The molecule has 0 amide bonds. The standard InChI is InChI=1S/C33H32Br2NO3P/c1-3-38-40(37,39-4-2)20-10-9-19-36-31-17-15-23(34)21-29(31)33(30-22-24(35)16-18-32(30)36)27-13-7-5-11-25(27)26-12-6-8-14-28(26)33/h5-8,11-18,21-22H,3-4,9-10,19-20H2,1-2H3. The molecule has 40 heavy (non-hydrogen) atoms. The molecule has 2 aliphatic rings. The number of anilines is 2. The van der Waals surface area contributed by atoms with Crippen molar-refractivity contribution < 1.29 is 13.6 Å². The molecule has 4 nitrogen and oxygen atoms in total. The molecule has 4 aromatic rings. The fourth-order valence-electron chi connectivity index (χ4n) is 6.55. The lowest BCUT2D eigenvalue weighted by molar-refractivity contribution is 0.219. The van der Waals surface area contributed by atoms with Crippen LogP contribution in [-0.4, -0.2) is 25.9 Å². The smallest absolute Gasteiger partial charge is 0.330 e. The van der Waals surface area contributed by atoms with E-state index in [1.807, 2.05) is 13.8 Å². The van der Waals surface area contributed by atoms with Crippen molar-refractivity contribution in [2.45, 2.75) is 32.1 Å². The van der Waals surface area contributed by atoms with Crippen molar-refractivity contribution in [1.82, 2.24) is 0 Å². The Labute approximate surface area is 253 Å². The van der Waals surface area contributed by atoms with Crippen molar-refractivity contribution in [3.63, 3.8) is 0 Å². The minimum atomic E-state index is -3.06. The molecule has 4 aromatic carbocycles. The van der Waals surface area contributed by atoms with E-state index in [1.165, 1.54) is 44.8 Å². The molecular weight excluding hydrogens is 649 g/mol. The lowest BCUT2D eigenvalue weighted by Gasteiger charge is -2.45. The lowest BCUT2D eigenvalue weighted by Crippen LogP contribution is -2.38. The molecule has 1 aliphatic carbocycles. The third kappa shape index (κ3) is 4.53. The van der Waals surface area contributed by atoms with Gasteiger partial charge in [0.25, 0.3) is 0 Å². The summed E-state index contributed by atoms with van der Waals surface area (Å²) in [6.07, 6.45) is 2.03. The Hall–Kier alpha value is -2.21. The highest BCUT2D eigenvalue weighted by molar-refractivity contribution is 9.10. The molecule has 7 heteroatoms. The van der Waals surface area contributed by atoms with Gasteiger partial charge in [-0.15, -0.1) is 0 Å². The molecule has 206 valence electrons. The zero-order chi connectivity index (χ0) is 27.9. The second-order valence-electron chi connectivity index (χ2n) is 10.2. The van der Waals surface area contributed by atoms with Crippen LogP contribution in [0.1, 0.15) is 48.9 Å². The Morgan fingerprint density at radius 2 is 1.20 bits per heavy atom. The topological polar surface area (TPSA) is 38.8 Å². The molecule has 0 radical (unpaired) electrons. The first-order valence-electron chi connectivity index (χ1n) is 13.9. The number of nitrogens with zero attached hydrogens (tertiary/aromatic N) is 1. The average molecular weight is 681 g/mol. The summed E-state index contributed by atoms with van der Waals surface area (Å²) < 4.78 is 26.3. The van der Waals surface area contributed by atoms with Gasteiger partial charge in [0, 0.05) is 26.9 Å². The first-order valence-corrected chi connectivity index (χ1v) is 17.2. The zero-order valence-electron chi connectivity index (χ0n) is 22.7. The van der Waals surface area contributed by atoms with Gasteiger partial charge in [0.05, 0.1) is 24.8 Å². The maximum Gasteiger partial charge on any atom is 0.330 e. The van der Waals surface area contributed by atoms with Crippen LogP contribution >= 0.6 is 39.5 Å². The minimum absolute atomic E-state index is 0.388. The number of unbranched alkanes of at least 4 members (excludes halogenated alkanes) is 1. The number of benzene rings is 4. The van der Waals surface area contributed by atoms with Gasteiger partial charge in [-0.2, -0.15) is 0 Å². The number of halogens is 2. The van der Waals surface area contributed by atoms with Gasteiger partial charge >= 0.3 is 7.60 Å². The molecule has 0 fully saturated rings. The third-order valence-corrected chi connectivity index (χ3v) is 11.1. The first-order chi connectivity index (χ1) is 19.4.